The van der Waals surface area contributed by atoms with Crippen molar-refractivity contribution in [2.45, 2.75) is 45.4 Å². The molecule has 0 saturated heterocycles. The second-order valence-electron chi connectivity index (χ2n) is 7.38. The smallest absolute Gasteiger partial charge is 0.341 e. The summed E-state index contributed by atoms with van der Waals surface area (Å²) < 4.78 is 5.24. The second kappa shape index (κ2) is 7.11. The number of amides is 1. The maximum absolute atomic E-state index is 13.1. The summed E-state index contributed by atoms with van der Waals surface area (Å²) >= 11 is 2.78. The predicted octanol–water partition coefficient (Wildman–Crippen LogP) is 4.35. The molecule has 0 fully saturated rings. The molecule has 0 radical (unpaired) electrons. The molecule has 3 heterocycles. The number of hydrogen-bond donors (Lipinski definition) is 2. The van der Waals surface area contributed by atoms with Gasteiger partial charge in [-0.05, 0) is 62.6 Å². The molecule has 0 aliphatic heterocycles. The number of ether oxygens (including phenoxy) is 1. The van der Waals surface area contributed by atoms with E-state index in [1.54, 1.807) is 6.92 Å². The lowest BCUT2D eigenvalue weighted by Gasteiger charge is -2.07. The van der Waals surface area contributed by atoms with Gasteiger partial charge in [-0.15, -0.1) is 22.7 Å². The largest absolute Gasteiger partial charge is 0.462 e. The Morgan fingerprint density at radius 1 is 1.21 bits per heavy atom. The van der Waals surface area contributed by atoms with Crippen molar-refractivity contribution in [2.24, 2.45) is 0 Å². The minimum absolute atomic E-state index is 0.295. The van der Waals surface area contributed by atoms with Gasteiger partial charge < -0.3 is 15.8 Å². The van der Waals surface area contributed by atoms with Gasteiger partial charge in [-0.1, -0.05) is 0 Å². The van der Waals surface area contributed by atoms with Crippen LogP contribution in [-0.4, -0.2) is 23.5 Å². The molecule has 8 heteroatoms. The van der Waals surface area contributed by atoms with Crippen molar-refractivity contribution in [1.82, 2.24) is 4.98 Å². The fourth-order valence-electron chi connectivity index (χ4n) is 4.24. The van der Waals surface area contributed by atoms with E-state index in [1.165, 1.54) is 28.2 Å². The number of anilines is 2. The molecule has 3 aromatic rings. The summed E-state index contributed by atoms with van der Waals surface area (Å²) in [5, 5.41) is 4.34. The number of carbonyl (C=O) groups excluding carboxylic acids is 2. The Morgan fingerprint density at radius 2 is 2.03 bits per heavy atom. The molecular weight excluding hydrogens is 406 g/mol. The molecule has 0 aromatic carbocycles. The minimum atomic E-state index is -0.371. The lowest BCUT2D eigenvalue weighted by Crippen LogP contribution is -2.15. The van der Waals surface area contributed by atoms with Gasteiger partial charge in [0.15, 0.2) is 0 Å². The first-order valence-corrected chi connectivity index (χ1v) is 11.5. The van der Waals surface area contributed by atoms with Crippen LogP contribution in [0.15, 0.2) is 6.07 Å². The van der Waals surface area contributed by atoms with Crippen LogP contribution in [0.25, 0.3) is 10.2 Å². The van der Waals surface area contributed by atoms with E-state index in [0.717, 1.165) is 64.9 Å². The van der Waals surface area contributed by atoms with Crippen LogP contribution in [0.4, 0.5) is 10.7 Å². The number of aryl methyl sites for hydroxylation is 3. The maximum atomic E-state index is 13.1. The standard InChI is InChI=1S/C21H21N3O3S2/c1-2-27-21(26)15-11-6-4-8-14(11)28-20(15)24-18(25)17-16(22)12-9-10-5-3-7-13(10)23-19(12)29-17/h9H,2-8,22H2,1H3,(H,24,25). The number of hydrogen-bond acceptors (Lipinski definition) is 7. The topological polar surface area (TPSA) is 94.3 Å². The van der Waals surface area contributed by atoms with Gasteiger partial charge in [-0.25, -0.2) is 9.78 Å². The van der Waals surface area contributed by atoms with Gasteiger partial charge in [0.25, 0.3) is 5.91 Å². The highest BCUT2D eigenvalue weighted by molar-refractivity contribution is 7.21. The monoisotopic (exact) mass is 427 g/mol. The zero-order valence-corrected chi connectivity index (χ0v) is 17.7. The molecule has 5 rings (SSSR count). The molecule has 0 spiro atoms. The quantitative estimate of drug-likeness (QED) is 0.604. The molecule has 6 nitrogen and oxygen atoms in total. The summed E-state index contributed by atoms with van der Waals surface area (Å²) in [6.45, 7) is 2.08. The van der Waals surface area contributed by atoms with E-state index in [0.29, 0.717) is 27.7 Å². The van der Waals surface area contributed by atoms with Gasteiger partial charge >= 0.3 is 5.97 Å². The number of pyridine rings is 1. The first-order valence-electron chi connectivity index (χ1n) is 9.90. The molecule has 3 aromatic heterocycles. The first kappa shape index (κ1) is 18.6. The average Bonchev–Trinajstić information content (AvgIpc) is 3.44. The summed E-state index contributed by atoms with van der Waals surface area (Å²) in [4.78, 5) is 32.7. The molecule has 0 unspecified atom stereocenters. The van der Waals surface area contributed by atoms with Gasteiger partial charge in [0, 0.05) is 16.0 Å². The lowest BCUT2D eigenvalue weighted by molar-refractivity contribution is 0.0527. The molecule has 150 valence electrons. The van der Waals surface area contributed by atoms with Gasteiger partial charge in [0.05, 0.1) is 17.9 Å². The molecule has 29 heavy (non-hydrogen) atoms. The highest BCUT2D eigenvalue weighted by atomic mass is 32.1. The number of fused-ring (bicyclic) bond motifs is 3. The van der Waals surface area contributed by atoms with Crippen molar-refractivity contribution in [1.29, 1.82) is 0 Å². The van der Waals surface area contributed by atoms with E-state index in [1.807, 2.05) is 0 Å². The number of esters is 1. The summed E-state index contributed by atoms with van der Waals surface area (Å²) in [7, 11) is 0. The fourth-order valence-corrected chi connectivity index (χ4v) is 6.50. The van der Waals surface area contributed by atoms with Crippen molar-refractivity contribution < 1.29 is 14.3 Å². The minimum Gasteiger partial charge on any atom is -0.462 e. The maximum Gasteiger partial charge on any atom is 0.341 e. The van der Waals surface area contributed by atoms with Crippen molar-refractivity contribution in [2.75, 3.05) is 17.7 Å². The number of aromatic nitrogens is 1. The van der Waals surface area contributed by atoms with E-state index in [4.69, 9.17) is 15.5 Å². The van der Waals surface area contributed by atoms with E-state index in [2.05, 4.69) is 11.4 Å². The number of rotatable bonds is 4. The van der Waals surface area contributed by atoms with Crippen LogP contribution in [-0.2, 0) is 30.4 Å². The van der Waals surface area contributed by atoms with E-state index in [-0.39, 0.29) is 11.9 Å². The normalized spacial score (nSPS) is 14.8. The average molecular weight is 428 g/mol. The Labute approximate surface area is 176 Å². The Morgan fingerprint density at radius 3 is 2.86 bits per heavy atom. The van der Waals surface area contributed by atoms with Crippen LogP contribution in [0.1, 0.15) is 61.5 Å². The van der Waals surface area contributed by atoms with Crippen LogP contribution < -0.4 is 11.1 Å². The zero-order chi connectivity index (χ0) is 20.1. The van der Waals surface area contributed by atoms with Crippen molar-refractivity contribution >= 4 is 55.5 Å². The van der Waals surface area contributed by atoms with Crippen molar-refractivity contribution in [3.63, 3.8) is 0 Å². The first-order chi connectivity index (χ1) is 14.1. The molecular formula is C21H21N3O3S2. The van der Waals surface area contributed by atoms with Crippen LogP contribution in [0.2, 0.25) is 0 Å². The number of nitrogens with two attached hydrogens (primary N) is 1. The SMILES string of the molecule is CCOC(=O)c1c(NC(=O)c2sc3nc4c(cc3c2N)CCC4)sc2c1CCC2. The van der Waals surface area contributed by atoms with Gasteiger partial charge in [-0.2, -0.15) is 0 Å². The Hall–Kier alpha value is -2.45. The van der Waals surface area contributed by atoms with Crippen LogP contribution in [0.5, 0.6) is 0 Å². The van der Waals surface area contributed by atoms with Gasteiger partial charge in [0.1, 0.15) is 14.7 Å². The molecule has 3 N–H and O–H groups in total. The highest BCUT2D eigenvalue weighted by Gasteiger charge is 2.29. The summed E-state index contributed by atoms with van der Waals surface area (Å²) in [5.74, 6) is -0.666. The van der Waals surface area contributed by atoms with Crippen LogP contribution in [0.3, 0.4) is 0 Å². The number of thiophene rings is 2. The van der Waals surface area contributed by atoms with Crippen molar-refractivity contribution in [3.8, 4) is 0 Å². The molecule has 1 amide bonds. The number of nitrogens with zero attached hydrogens (tertiary/aromatic N) is 1. The van der Waals surface area contributed by atoms with Crippen LogP contribution >= 0.6 is 22.7 Å². The molecule has 0 atom stereocenters. The predicted molar refractivity (Wildman–Crippen MR) is 116 cm³/mol. The van der Waals surface area contributed by atoms with E-state index in [9.17, 15) is 9.59 Å². The molecule has 2 aliphatic carbocycles. The van der Waals surface area contributed by atoms with Crippen LogP contribution in [0, 0.1) is 0 Å². The Balaban J connectivity index is 1.50. The van der Waals surface area contributed by atoms with Gasteiger partial charge in [0.2, 0.25) is 0 Å². The number of carbonyl (C=O) groups is 2. The van der Waals surface area contributed by atoms with E-state index >= 15 is 0 Å². The highest BCUT2D eigenvalue weighted by Crippen LogP contribution is 2.41. The summed E-state index contributed by atoms with van der Waals surface area (Å²) in [6.07, 6.45) is 5.92. The van der Waals surface area contributed by atoms with E-state index < -0.39 is 0 Å². The lowest BCUT2D eigenvalue weighted by atomic mass is 10.1. The third kappa shape index (κ3) is 3.02. The number of nitrogen functional groups attached to an aromatic ring is 1. The zero-order valence-electron chi connectivity index (χ0n) is 16.1. The Bertz CT molecular complexity index is 1160. The second-order valence-corrected chi connectivity index (χ2v) is 9.49. The molecule has 0 saturated carbocycles. The van der Waals surface area contributed by atoms with Gasteiger partial charge in [-0.3, -0.25) is 4.79 Å². The molecule has 0 bridgehead atoms. The third-order valence-corrected chi connectivity index (χ3v) is 7.90. The fraction of sp³-hybridized carbons (Fsp3) is 0.381. The third-order valence-electron chi connectivity index (χ3n) is 5.58. The summed E-state index contributed by atoms with van der Waals surface area (Å²) in [6, 6.07) is 2.08. The van der Waals surface area contributed by atoms with Crippen molar-refractivity contribution in [3.05, 3.63) is 38.2 Å². The molecule has 2 aliphatic rings. The number of nitrogens with one attached hydrogen (secondary N) is 1. The Kier molecular flexibility index (Phi) is 4.55. The summed E-state index contributed by atoms with van der Waals surface area (Å²) in [5.41, 5.74) is 10.7.